The van der Waals surface area contributed by atoms with E-state index in [9.17, 15) is 4.79 Å². The molecule has 1 atom stereocenters. The van der Waals surface area contributed by atoms with E-state index < -0.39 is 4.87 Å². The van der Waals surface area contributed by atoms with Crippen molar-refractivity contribution in [2.24, 2.45) is 4.99 Å². The standard InChI is InChI=1S/C11H10N2OS2/c1-15-10-12-6-11(16-10)9(14)7-4-2-3-5-8(7)13-11/h2-5,13H,6H2,1H3. The monoisotopic (exact) mass is 250 g/mol. The average molecular weight is 250 g/mol. The van der Waals surface area contributed by atoms with Crippen LogP contribution in [0.3, 0.4) is 0 Å². The van der Waals surface area contributed by atoms with Crippen molar-refractivity contribution in [2.45, 2.75) is 4.87 Å². The summed E-state index contributed by atoms with van der Waals surface area (Å²) in [4.78, 5) is 16.1. The zero-order chi connectivity index (χ0) is 11.2. The zero-order valence-electron chi connectivity index (χ0n) is 8.69. The Morgan fingerprint density at radius 1 is 1.50 bits per heavy atom. The second kappa shape index (κ2) is 3.53. The summed E-state index contributed by atoms with van der Waals surface area (Å²) in [6.45, 7) is 0.529. The Balaban J connectivity index is 1.97. The number of ketones is 1. The van der Waals surface area contributed by atoms with Crippen LogP contribution in [0.2, 0.25) is 0 Å². The third kappa shape index (κ3) is 1.31. The van der Waals surface area contributed by atoms with Crippen LogP contribution in [0.5, 0.6) is 0 Å². The van der Waals surface area contributed by atoms with Crippen LogP contribution in [-0.4, -0.2) is 27.8 Å². The van der Waals surface area contributed by atoms with Gasteiger partial charge in [-0.15, -0.1) is 11.8 Å². The fourth-order valence-corrected chi connectivity index (χ4v) is 3.83. The summed E-state index contributed by atoms with van der Waals surface area (Å²) in [5, 5.41) is 3.31. The Morgan fingerprint density at radius 3 is 3.00 bits per heavy atom. The largest absolute Gasteiger partial charge is 0.362 e. The fourth-order valence-electron chi connectivity index (χ4n) is 1.96. The smallest absolute Gasteiger partial charge is 0.202 e. The van der Waals surface area contributed by atoms with E-state index in [1.165, 1.54) is 11.8 Å². The number of benzene rings is 1. The molecule has 1 aromatic rings. The van der Waals surface area contributed by atoms with E-state index in [-0.39, 0.29) is 5.78 Å². The lowest BCUT2D eigenvalue weighted by atomic mass is 10.1. The highest BCUT2D eigenvalue weighted by Crippen LogP contribution is 2.44. The second-order valence-corrected chi connectivity index (χ2v) is 6.06. The SMILES string of the molecule is CSC1=NCC2(Nc3ccccc3C2=O)S1. The topological polar surface area (TPSA) is 41.5 Å². The van der Waals surface area contributed by atoms with E-state index in [1.54, 1.807) is 11.8 Å². The first-order chi connectivity index (χ1) is 7.75. The number of fused-ring (bicyclic) bond motifs is 1. The summed E-state index contributed by atoms with van der Waals surface area (Å²) >= 11 is 3.13. The lowest BCUT2D eigenvalue weighted by Gasteiger charge is -2.19. The first kappa shape index (κ1) is 10.2. The number of nitrogens with one attached hydrogen (secondary N) is 1. The van der Waals surface area contributed by atoms with Gasteiger partial charge in [-0.1, -0.05) is 23.9 Å². The highest BCUT2D eigenvalue weighted by Gasteiger charge is 2.49. The maximum Gasteiger partial charge on any atom is 0.202 e. The molecule has 2 aliphatic rings. The van der Waals surface area contributed by atoms with E-state index in [0.717, 1.165) is 15.6 Å². The van der Waals surface area contributed by atoms with Gasteiger partial charge in [0.05, 0.1) is 6.54 Å². The zero-order valence-corrected chi connectivity index (χ0v) is 10.3. The van der Waals surface area contributed by atoms with Crippen molar-refractivity contribution in [3.05, 3.63) is 29.8 Å². The summed E-state index contributed by atoms with van der Waals surface area (Å²) in [5.74, 6) is 0.154. The molecule has 1 aromatic carbocycles. The van der Waals surface area contributed by atoms with Gasteiger partial charge < -0.3 is 5.32 Å². The van der Waals surface area contributed by atoms with Gasteiger partial charge in [-0.2, -0.15) is 0 Å². The molecular weight excluding hydrogens is 240 g/mol. The molecule has 0 radical (unpaired) electrons. The van der Waals surface area contributed by atoms with Crippen LogP contribution in [-0.2, 0) is 0 Å². The Morgan fingerprint density at radius 2 is 2.31 bits per heavy atom. The van der Waals surface area contributed by atoms with Gasteiger partial charge in [0.1, 0.15) is 4.38 Å². The molecule has 1 unspecified atom stereocenters. The van der Waals surface area contributed by atoms with E-state index in [0.29, 0.717) is 6.54 Å². The molecule has 2 heterocycles. The molecule has 0 amide bonds. The Kier molecular flexibility index (Phi) is 2.26. The summed E-state index contributed by atoms with van der Waals surface area (Å²) in [6, 6.07) is 7.65. The summed E-state index contributed by atoms with van der Waals surface area (Å²) < 4.78 is 0.980. The molecule has 82 valence electrons. The van der Waals surface area contributed by atoms with Gasteiger partial charge in [0.2, 0.25) is 5.78 Å². The highest BCUT2D eigenvalue weighted by atomic mass is 32.2. The van der Waals surface area contributed by atoms with Crippen molar-refractivity contribution in [1.82, 2.24) is 0 Å². The van der Waals surface area contributed by atoms with Crippen molar-refractivity contribution in [3.8, 4) is 0 Å². The Labute approximate surface area is 102 Å². The second-order valence-electron chi connectivity index (χ2n) is 3.72. The van der Waals surface area contributed by atoms with Crippen LogP contribution in [0.1, 0.15) is 10.4 Å². The number of rotatable bonds is 0. The minimum atomic E-state index is -0.567. The predicted molar refractivity (Wildman–Crippen MR) is 70.5 cm³/mol. The van der Waals surface area contributed by atoms with Crippen LogP contribution < -0.4 is 5.32 Å². The fraction of sp³-hybridized carbons (Fsp3) is 0.273. The van der Waals surface area contributed by atoms with Gasteiger partial charge >= 0.3 is 0 Å². The van der Waals surface area contributed by atoms with Crippen molar-refractivity contribution >= 4 is 39.4 Å². The van der Waals surface area contributed by atoms with E-state index in [2.05, 4.69) is 10.3 Å². The van der Waals surface area contributed by atoms with Gasteiger partial charge in [-0.3, -0.25) is 9.79 Å². The third-order valence-corrected chi connectivity index (χ3v) is 5.04. The van der Waals surface area contributed by atoms with Gasteiger partial charge in [0, 0.05) is 11.3 Å². The van der Waals surface area contributed by atoms with E-state index in [1.807, 2.05) is 30.5 Å². The molecular formula is C11H10N2OS2. The highest BCUT2D eigenvalue weighted by molar-refractivity contribution is 8.39. The molecule has 3 nitrogen and oxygen atoms in total. The van der Waals surface area contributed by atoms with Crippen LogP contribution in [0.15, 0.2) is 29.3 Å². The first-order valence-electron chi connectivity index (χ1n) is 4.95. The number of carbonyl (C=O) groups is 1. The first-order valence-corrected chi connectivity index (χ1v) is 6.99. The van der Waals surface area contributed by atoms with Gasteiger partial charge in [-0.25, -0.2) is 0 Å². The number of Topliss-reactive ketones (excluding diaryl/α,β-unsaturated/α-hetero) is 1. The van der Waals surface area contributed by atoms with Crippen molar-refractivity contribution in [2.75, 3.05) is 18.1 Å². The quantitative estimate of drug-likeness (QED) is 0.768. The van der Waals surface area contributed by atoms with Gasteiger partial charge in [-0.05, 0) is 18.4 Å². The molecule has 0 fully saturated rings. The summed E-state index contributed by atoms with van der Waals surface area (Å²) in [6.07, 6.45) is 1.98. The molecule has 2 aliphatic heterocycles. The average Bonchev–Trinajstić information content (AvgIpc) is 2.84. The lowest BCUT2D eigenvalue weighted by molar-refractivity contribution is 0.0970. The predicted octanol–water partition coefficient (Wildman–Crippen LogP) is 2.46. The molecule has 0 saturated heterocycles. The van der Waals surface area contributed by atoms with Crippen molar-refractivity contribution < 1.29 is 4.79 Å². The van der Waals surface area contributed by atoms with Crippen molar-refractivity contribution in [1.29, 1.82) is 0 Å². The number of hydrogen-bond donors (Lipinski definition) is 1. The Hall–Kier alpha value is -0.940. The molecule has 3 rings (SSSR count). The molecule has 0 aliphatic carbocycles. The van der Waals surface area contributed by atoms with Gasteiger partial charge in [0.25, 0.3) is 0 Å². The number of aliphatic imine (C=N–C) groups is 1. The van der Waals surface area contributed by atoms with E-state index in [4.69, 9.17) is 0 Å². The van der Waals surface area contributed by atoms with Crippen LogP contribution >= 0.6 is 23.5 Å². The van der Waals surface area contributed by atoms with Crippen LogP contribution in [0, 0.1) is 0 Å². The number of thioether (sulfide) groups is 2. The maximum atomic E-state index is 12.3. The lowest BCUT2D eigenvalue weighted by Crippen LogP contribution is -2.39. The minimum absolute atomic E-state index is 0.154. The summed E-state index contributed by atoms with van der Waals surface area (Å²) in [7, 11) is 0. The molecule has 1 spiro atoms. The normalized spacial score (nSPS) is 26.8. The van der Waals surface area contributed by atoms with Crippen LogP contribution in [0.4, 0.5) is 5.69 Å². The summed E-state index contributed by atoms with van der Waals surface area (Å²) in [5.41, 5.74) is 1.71. The minimum Gasteiger partial charge on any atom is -0.362 e. The molecule has 0 saturated carbocycles. The molecule has 0 aromatic heterocycles. The number of carbonyl (C=O) groups excluding carboxylic acids is 1. The van der Waals surface area contributed by atoms with E-state index >= 15 is 0 Å². The number of nitrogens with zero attached hydrogens (tertiary/aromatic N) is 1. The van der Waals surface area contributed by atoms with Crippen LogP contribution in [0.25, 0.3) is 0 Å². The number of hydrogen-bond acceptors (Lipinski definition) is 5. The molecule has 16 heavy (non-hydrogen) atoms. The number of para-hydroxylation sites is 1. The molecule has 5 heteroatoms. The maximum absolute atomic E-state index is 12.3. The molecule has 0 bridgehead atoms. The number of anilines is 1. The van der Waals surface area contributed by atoms with Crippen molar-refractivity contribution in [3.63, 3.8) is 0 Å². The third-order valence-electron chi connectivity index (χ3n) is 2.74. The Bertz CT molecular complexity index is 501. The van der Waals surface area contributed by atoms with Gasteiger partial charge in [0.15, 0.2) is 4.87 Å². The molecule has 1 N–H and O–H groups in total.